The van der Waals surface area contributed by atoms with E-state index in [9.17, 15) is 5.11 Å². The van der Waals surface area contributed by atoms with Crippen LogP contribution in [0.3, 0.4) is 0 Å². The zero-order chi connectivity index (χ0) is 15.1. The third-order valence-electron chi connectivity index (χ3n) is 3.96. The summed E-state index contributed by atoms with van der Waals surface area (Å²) < 4.78 is 0. The molecule has 0 aliphatic carbocycles. The lowest BCUT2D eigenvalue weighted by molar-refractivity contribution is 0.452. The number of phenols is 1. The predicted molar refractivity (Wildman–Crippen MR) is 87.6 cm³/mol. The molecule has 0 bridgehead atoms. The maximum atomic E-state index is 10.3. The van der Waals surface area contributed by atoms with Gasteiger partial charge in [0.15, 0.2) is 0 Å². The van der Waals surface area contributed by atoms with Crippen LogP contribution in [0.5, 0.6) is 5.75 Å². The van der Waals surface area contributed by atoms with E-state index in [1.165, 1.54) is 6.42 Å². The van der Waals surface area contributed by atoms with Crippen molar-refractivity contribution in [3.63, 3.8) is 0 Å². The largest absolute Gasteiger partial charge is 0.508 e. The predicted octanol–water partition coefficient (Wildman–Crippen LogP) is 4.08. The van der Waals surface area contributed by atoms with Crippen LogP contribution in [0.1, 0.15) is 58.6 Å². The number of rotatable bonds is 8. The van der Waals surface area contributed by atoms with Gasteiger partial charge in [-0.25, -0.2) is 0 Å². The summed E-state index contributed by atoms with van der Waals surface area (Å²) in [6, 6.07) is 6.69. The van der Waals surface area contributed by atoms with Crippen molar-refractivity contribution in [2.45, 2.75) is 59.0 Å². The number of hydrogen-bond acceptors (Lipinski definition) is 3. The van der Waals surface area contributed by atoms with Crippen LogP contribution >= 0.6 is 0 Å². The molecule has 1 rings (SSSR count). The number of benzene rings is 1. The average Bonchev–Trinajstić information content (AvgIpc) is 2.44. The van der Waals surface area contributed by atoms with Crippen molar-refractivity contribution < 1.29 is 5.11 Å². The van der Waals surface area contributed by atoms with Crippen LogP contribution in [0.2, 0.25) is 0 Å². The third-order valence-corrected chi connectivity index (χ3v) is 3.96. The Morgan fingerprint density at radius 2 is 1.90 bits per heavy atom. The minimum Gasteiger partial charge on any atom is -0.508 e. The number of aromatic hydroxyl groups is 1. The van der Waals surface area contributed by atoms with Crippen molar-refractivity contribution in [1.29, 1.82) is 0 Å². The quantitative estimate of drug-likeness (QED) is 0.752. The Kier molecular flexibility index (Phi) is 6.86. The van der Waals surface area contributed by atoms with Crippen molar-refractivity contribution in [2.75, 3.05) is 18.5 Å². The summed E-state index contributed by atoms with van der Waals surface area (Å²) in [6.07, 6.45) is 3.43. The molecular weight excluding hydrogens is 248 g/mol. The number of anilines is 1. The van der Waals surface area contributed by atoms with Gasteiger partial charge in [-0.05, 0) is 39.3 Å². The lowest BCUT2D eigenvalue weighted by atomic mass is 10.1. The molecule has 0 amide bonds. The van der Waals surface area contributed by atoms with E-state index in [0.717, 1.165) is 30.6 Å². The molecule has 20 heavy (non-hydrogen) atoms. The molecule has 2 N–H and O–H groups in total. The summed E-state index contributed by atoms with van der Waals surface area (Å²) in [4.78, 5) is 2.23. The van der Waals surface area contributed by atoms with Crippen LogP contribution in [0, 0.1) is 0 Å². The molecule has 0 saturated heterocycles. The van der Waals surface area contributed by atoms with Gasteiger partial charge in [0.05, 0.1) is 0 Å². The van der Waals surface area contributed by atoms with Gasteiger partial charge in [-0.1, -0.05) is 26.3 Å². The smallest absolute Gasteiger partial charge is 0.122 e. The second-order valence-electron chi connectivity index (χ2n) is 5.67. The molecule has 0 aromatic heterocycles. The van der Waals surface area contributed by atoms with E-state index >= 15 is 0 Å². The zero-order valence-corrected chi connectivity index (χ0v) is 13.6. The standard InChI is InChI=1S/C17H30N2O/c1-6-8-13(3)19(5)15-9-10-16(17(20)12-15)14(4)18-11-7-2/h9-10,12-14,18,20H,6-8,11H2,1-5H3. The normalized spacial score (nSPS) is 14.1. The van der Waals surface area contributed by atoms with Crippen LogP contribution in [0.4, 0.5) is 5.69 Å². The fourth-order valence-electron chi connectivity index (χ4n) is 2.45. The van der Waals surface area contributed by atoms with E-state index in [1.807, 2.05) is 12.1 Å². The van der Waals surface area contributed by atoms with E-state index < -0.39 is 0 Å². The van der Waals surface area contributed by atoms with Crippen LogP contribution in [0.25, 0.3) is 0 Å². The van der Waals surface area contributed by atoms with Gasteiger partial charge in [0, 0.05) is 36.4 Å². The maximum absolute atomic E-state index is 10.3. The second kappa shape index (κ2) is 8.15. The first-order chi connectivity index (χ1) is 9.51. The highest BCUT2D eigenvalue weighted by atomic mass is 16.3. The Balaban J connectivity index is 2.81. The molecule has 0 aliphatic heterocycles. The van der Waals surface area contributed by atoms with E-state index in [2.05, 4.69) is 51.0 Å². The van der Waals surface area contributed by atoms with Crippen LogP contribution < -0.4 is 10.2 Å². The third kappa shape index (κ3) is 4.41. The van der Waals surface area contributed by atoms with Gasteiger partial charge in [-0.15, -0.1) is 0 Å². The molecule has 0 aliphatic rings. The number of hydrogen-bond donors (Lipinski definition) is 2. The molecule has 0 saturated carbocycles. The summed E-state index contributed by atoms with van der Waals surface area (Å²) in [5.41, 5.74) is 2.05. The highest BCUT2D eigenvalue weighted by Crippen LogP contribution is 2.29. The minimum absolute atomic E-state index is 0.183. The molecule has 0 spiro atoms. The van der Waals surface area contributed by atoms with Gasteiger partial charge in [0.25, 0.3) is 0 Å². The Morgan fingerprint density at radius 3 is 2.45 bits per heavy atom. The Morgan fingerprint density at radius 1 is 1.20 bits per heavy atom. The van der Waals surface area contributed by atoms with Crippen molar-refractivity contribution in [2.24, 2.45) is 0 Å². The molecule has 114 valence electrons. The van der Waals surface area contributed by atoms with Gasteiger partial charge in [-0.2, -0.15) is 0 Å². The van der Waals surface area contributed by atoms with Gasteiger partial charge in [0.1, 0.15) is 5.75 Å². The molecule has 0 radical (unpaired) electrons. The summed E-state index contributed by atoms with van der Waals surface area (Å²) in [5.74, 6) is 0.383. The molecule has 3 nitrogen and oxygen atoms in total. The SMILES string of the molecule is CCCNC(C)c1ccc(N(C)C(C)CCC)cc1O. The Hall–Kier alpha value is -1.22. The first-order valence-electron chi connectivity index (χ1n) is 7.80. The topological polar surface area (TPSA) is 35.5 Å². The molecule has 3 heteroatoms. The van der Waals surface area contributed by atoms with Crippen molar-refractivity contribution in [1.82, 2.24) is 5.32 Å². The molecule has 0 fully saturated rings. The summed E-state index contributed by atoms with van der Waals surface area (Å²) >= 11 is 0. The lowest BCUT2D eigenvalue weighted by Gasteiger charge is -2.27. The highest BCUT2D eigenvalue weighted by molar-refractivity contribution is 5.54. The highest BCUT2D eigenvalue weighted by Gasteiger charge is 2.14. The lowest BCUT2D eigenvalue weighted by Crippen LogP contribution is -2.28. The van der Waals surface area contributed by atoms with Crippen LogP contribution in [-0.4, -0.2) is 24.7 Å². The molecule has 2 atom stereocenters. The Labute approximate surface area is 124 Å². The summed E-state index contributed by atoms with van der Waals surface area (Å²) in [5, 5.41) is 13.7. The molecule has 0 heterocycles. The number of nitrogens with one attached hydrogen (secondary N) is 1. The second-order valence-corrected chi connectivity index (χ2v) is 5.67. The van der Waals surface area contributed by atoms with Crippen LogP contribution in [-0.2, 0) is 0 Å². The molecular formula is C17H30N2O. The van der Waals surface area contributed by atoms with E-state index in [0.29, 0.717) is 11.8 Å². The van der Waals surface area contributed by atoms with Gasteiger partial charge in [-0.3, -0.25) is 0 Å². The van der Waals surface area contributed by atoms with Gasteiger partial charge in [0.2, 0.25) is 0 Å². The van der Waals surface area contributed by atoms with Crippen molar-refractivity contribution in [3.8, 4) is 5.75 Å². The number of phenolic OH excluding ortho intramolecular Hbond substituents is 1. The molecule has 1 aromatic rings. The number of nitrogens with zero attached hydrogens (tertiary/aromatic N) is 1. The summed E-state index contributed by atoms with van der Waals surface area (Å²) in [7, 11) is 2.09. The monoisotopic (exact) mass is 278 g/mol. The molecule has 2 unspecified atom stereocenters. The van der Waals surface area contributed by atoms with Crippen molar-refractivity contribution in [3.05, 3.63) is 23.8 Å². The molecule has 1 aromatic carbocycles. The van der Waals surface area contributed by atoms with Crippen LogP contribution in [0.15, 0.2) is 18.2 Å². The summed E-state index contributed by atoms with van der Waals surface area (Å²) in [6.45, 7) is 9.63. The van der Waals surface area contributed by atoms with Gasteiger partial charge < -0.3 is 15.3 Å². The van der Waals surface area contributed by atoms with Gasteiger partial charge >= 0.3 is 0 Å². The van der Waals surface area contributed by atoms with Crippen molar-refractivity contribution >= 4 is 5.69 Å². The van der Waals surface area contributed by atoms with E-state index in [-0.39, 0.29) is 6.04 Å². The van der Waals surface area contributed by atoms with E-state index in [4.69, 9.17) is 0 Å². The maximum Gasteiger partial charge on any atom is 0.122 e. The minimum atomic E-state index is 0.183. The first-order valence-corrected chi connectivity index (χ1v) is 7.80. The average molecular weight is 278 g/mol. The fourth-order valence-corrected chi connectivity index (χ4v) is 2.45. The van der Waals surface area contributed by atoms with E-state index in [1.54, 1.807) is 0 Å². The first kappa shape index (κ1) is 16.8. The fraction of sp³-hybridized carbons (Fsp3) is 0.647. The zero-order valence-electron chi connectivity index (χ0n) is 13.6. The Bertz CT molecular complexity index is 406.